The number of rotatable bonds is 3. The molecule has 0 saturated carbocycles. The Hall–Kier alpha value is -0.950. The molecule has 1 aromatic heterocycles. The lowest BCUT2D eigenvalue weighted by molar-refractivity contribution is 0.495. The van der Waals surface area contributed by atoms with E-state index in [2.05, 4.69) is 10.2 Å². The second kappa shape index (κ2) is 3.90. The predicted octanol–water partition coefficient (Wildman–Crippen LogP) is 0.630. The molecule has 6 nitrogen and oxygen atoms in total. The second-order valence-corrected chi connectivity index (χ2v) is 5.46. The average Bonchev–Trinajstić information content (AvgIpc) is 2.45. The van der Waals surface area contributed by atoms with Crippen molar-refractivity contribution in [3.63, 3.8) is 0 Å². The molecule has 0 fully saturated rings. The van der Waals surface area contributed by atoms with Crippen LogP contribution in [-0.2, 0) is 10.0 Å². The molecular weight excluding hydrogens is 216 g/mol. The van der Waals surface area contributed by atoms with Crippen LogP contribution in [0.3, 0.4) is 0 Å². The number of nitrogens with zero attached hydrogens (tertiary/aromatic N) is 3. The third-order valence-electron chi connectivity index (χ3n) is 1.98. The van der Waals surface area contributed by atoms with Crippen molar-refractivity contribution in [1.29, 1.82) is 0 Å². The fraction of sp³-hybridized carbons (Fsp3) is 0.750. The first-order chi connectivity index (χ1) is 6.75. The Kier molecular flexibility index (Phi) is 3.15. The molecule has 0 aromatic carbocycles. The molecule has 15 heavy (non-hydrogen) atoms. The van der Waals surface area contributed by atoms with Gasteiger partial charge in [-0.25, -0.2) is 13.6 Å². The van der Waals surface area contributed by atoms with Crippen molar-refractivity contribution in [3.05, 3.63) is 5.82 Å². The van der Waals surface area contributed by atoms with Crippen LogP contribution in [0.25, 0.3) is 0 Å². The molecule has 0 spiro atoms. The zero-order valence-corrected chi connectivity index (χ0v) is 10.1. The molecule has 0 saturated heterocycles. The van der Waals surface area contributed by atoms with Gasteiger partial charge in [-0.2, -0.15) is 0 Å². The minimum atomic E-state index is -3.80. The number of primary sulfonamides is 1. The summed E-state index contributed by atoms with van der Waals surface area (Å²) in [5.74, 6) is 0.740. The Morgan fingerprint density at radius 2 is 1.73 bits per heavy atom. The summed E-state index contributed by atoms with van der Waals surface area (Å²) >= 11 is 0. The predicted molar refractivity (Wildman–Crippen MR) is 55.9 cm³/mol. The third kappa shape index (κ3) is 2.35. The maximum atomic E-state index is 11.2. The molecule has 0 unspecified atom stereocenters. The van der Waals surface area contributed by atoms with Gasteiger partial charge in [-0.15, -0.1) is 10.2 Å². The van der Waals surface area contributed by atoms with Crippen molar-refractivity contribution >= 4 is 10.0 Å². The number of nitrogens with two attached hydrogens (primary N) is 1. The fourth-order valence-electron chi connectivity index (χ4n) is 1.36. The fourth-order valence-corrected chi connectivity index (χ4v) is 2.09. The van der Waals surface area contributed by atoms with Gasteiger partial charge in [0.15, 0.2) is 0 Å². The van der Waals surface area contributed by atoms with E-state index in [9.17, 15) is 8.42 Å². The van der Waals surface area contributed by atoms with Gasteiger partial charge in [0.2, 0.25) is 0 Å². The van der Waals surface area contributed by atoms with Crippen LogP contribution in [0.1, 0.15) is 45.5 Å². The monoisotopic (exact) mass is 232 g/mol. The maximum Gasteiger partial charge on any atom is 0.273 e. The normalized spacial score (nSPS) is 12.7. The van der Waals surface area contributed by atoms with E-state index in [4.69, 9.17) is 5.14 Å². The Morgan fingerprint density at radius 1 is 1.20 bits per heavy atom. The van der Waals surface area contributed by atoms with Crippen LogP contribution >= 0.6 is 0 Å². The smallest absolute Gasteiger partial charge is 0.273 e. The van der Waals surface area contributed by atoms with E-state index in [1.165, 1.54) is 0 Å². The molecule has 0 atom stereocenters. The van der Waals surface area contributed by atoms with Gasteiger partial charge in [0.05, 0.1) is 0 Å². The number of sulfonamides is 1. The highest BCUT2D eigenvalue weighted by atomic mass is 32.2. The summed E-state index contributed by atoms with van der Waals surface area (Å²) in [5.41, 5.74) is 0. The van der Waals surface area contributed by atoms with Crippen LogP contribution in [0.4, 0.5) is 0 Å². The lowest BCUT2D eigenvalue weighted by Gasteiger charge is -2.14. The highest BCUT2D eigenvalue weighted by Gasteiger charge is 2.23. The van der Waals surface area contributed by atoms with Gasteiger partial charge < -0.3 is 0 Å². The van der Waals surface area contributed by atoms with Crippen molar-refractivity contribution in [2.24, 2.45) is 5.14 Å². The van der Waals surface area contributed by atoms with Crippen molar-refractivity contribution in [2.45, 2.75) is 44.8 Å². The molecule has 0 aliphatic rings. The van der Waals surface area contributed by atoms with Gasteiger partial charge in [0, 0.05) is 12.0 Å². The van der Waals surface area contributed by atoms with Crippen molar-refractivity contribution in [3.8, 4) is 0 Å². The first-order valence-corrected chi connectivity index (χ1v) is 6.27. The average molecular weight is 232 g/mol. The second-order valence-electron chi connectivity index (χ2n) is 4.00. The zero-order valence-electron chi connectivity index (χ0n) is 9.30. The van der Waals surface area contributed by atoms with E-state index in [0.717, 1.165) is 0 Å². The molecule has 0 radical (unpaired) electrons. The molecule has 7 heteroatoms. The summed E-state index contributed by atoms with van der Waals surface area (Å²) in [6.45, 7) is 7.58. The van der Waals surface area contributed by atoms with Gasteiger partial charge in [0.1, 0.15) is 5.82 Å². The summed E-state index contributed by atoms with van der Waals surface area (Å²) in [4.78, 5) is 0. The van der Waals surface area contributed by atoms with Crippen molar-refractivity contribution < 1.29 is 8.42 Å². The molecule has 0 bridgehead atoms. The number of hydrogen-bond acceptors (Lipinski definition) is 4. The van der Waals surface area contributed by atoms with E-state index in [1.807, 2.05) is 27.7 Å². The topological polar surface area (TPSA) is 90.9 Å². The van der Waals surface area contributed by atoms with E-state index in [1.54, 1.807) is 4.57 Å². The largest absolute Gasteiger partial charge is 0.298 e. The van der Waals surface area contributed by atoms with Crippen molar-refractivity contribution in [1.82, 2.24) is 14.8 Å². The van der Waals surface area contributed by atoms with Gasteiger partial charge in [0.25, 0.3) is 15.2 Å². The van der Waals surface area contributed by atoms with Gasteiger partial charge >= 0.3 is 0 Å². The van der Waals surface area contributed by atoms with Crippen molar-refractivity contribution in [2.75, 3.05) is 0 Å². The Bertz CT molecular complexity index is 447. The SMILES string of the molecule is CC(C)c1nnc(S(N)(=O)=O)n1C(C)C. The summed E-state index contributed by atoms with van der Waals surface area (Å²) in [5, 5.41) is 12.4. The molecule has 1 rings (SSSR count). The minimum Gasteiger partial charge on any atom is -0.298 e. The number of aromatic nitrogens is 3. The van der Waals surface area contributed by atoms with E-state index in [0.29, 0.717) is 5.82 Å². The van der Waals surface area contributed by atoms with E-state index < -0.39 is 10.0 Å². The maximum absolute atomic E-state index is 11.2. The summed E-state index contributed by atoms with van der Waals surface area (Å²) in [6, 6.07) is -0.0364. The molecule has 1 aromatic rings. The van der Waals surface area contributed by atoms with Gasteiger partial charge in [-0.05, 0) is 13.8 Å². The van der Waals surface area contributed by atoms with Gasteiger partial charge in [-0.1, -0.05) is 13.8 Å². The zero-order chi connectivity index (χ0) is 11.8. The minimum absolute atomic E-state index is 0.0364. The molecule has 0 aliphatic carbocycles. The van der Waals surface area contributed by atoms with Crippen LogP contribution in [-0.4, -0.2) is 23.2 Å². The molecule has 0 amide bonds. The quantitative estimate of drug-likeness (QED) is 0.827. The third-order valence-corrected chi connectivity index (χ3v) is 2.77. The molecular formula is C8H16N4O2S. The van der Waals surface area contributed by atoms with E-state index >= 15 is 0 Å². The Balaban J connectivity index is 3.44. The summed E-state index contributed by atoms with van der Waals surface area (Å²) in [7, 11) is -3.80. The molecule has 86 valence electrons. The first kappa shape index (κ1) is 12.1. The lowest BCUT2D eigenvalue weighted by atomic mass is 10.2. The van der Waals surface area contributed by atoms with Crippen LogP contribution in [0.5, 0.6) is 0 Å². The molecule has 1 heterocycles. The van der Waals surface area contributed by atoms with Gasteiger partial charge in [-0.3, -0.25) is 4.57 Å². The van der Waals surface area contributed by atoms with Crippen LogP contribution in [0, 0.1) is 0 Å². The molecule has 2 N–H and O–H groups in total. The first-order valence-electron chi connectivity index (χ1n) is 4.72. The van der Waals surface area contributed by atoms with Crippen LogP contribution < -0.4 is 5.14 Å². The van der Waals surface area contributed by atoms with Crippen LogP contribution in [0.15, 0.2) is 5.16 Å². The summed E-state index contributed by atoms with van der Waals surface area (Å²) in [6.07, 6.45) is 0. The van der Waals surface area contributed by atoms with E-state index in [-0.39, 0.29) is 17.1 Å². The lowest BCUT2D eigenvalue weighted by Crippen LogP contribution is -2.20. The number of hydrogen-bond donors (Lipinski definition) is 1. The highest BCUT2D eigenvalue weighted by Crippen LogP contribution is 2.20. The Morgan fingerprint density at radius 3 is 2.07 bits per heavy atom. The van der Waals surface area contributed by atoms with Crippen LogP contribution in [0.2, 0.25) is 0 Å². The highest BCUT2D eigenvalue weighted by molar-refractivity contribution is 7.89. The standard InChI is InChI=1S/C8H16N4O2S/c1-5(2)7-10-11-8(15(9,13)14)12(7)6(3)4/h5-6H,1-4H3,(H2,9,13,14). The molecule has 0 aliphatic heterocycles. The Labute approximate surface area is 89.5 Å². The summed E-state index contributed by atoms with van der Waals surface area (Å²) < 4.78 is 24.1.